The smallest absolute Gasteiger partial charge is 0.00673 e. The lowest BCUT2D eigenvalue weighted by atomic mass is 9.69. The highest BCUT2D eigenvalue weighted by molar-refractivity contribution is 4.88. The molecule has 2 saturated carbocycles. The second-order valence-electron chi connectivity index (χ2n) is 7.27. The van der Waals surface area contributed by atoms with Crippen molar-refractivity contribution in [3.05, 3.63) is 0 Å². The van der Waals surface area contributed by atoms with E-state index >= 15 is 0 Å². The van der Waals surface area contributed by atoms with E-state index in [1.54, 1.807) is 0 Å². The topological polar surface area (TPSA) is 12.0 Å². The summed E-state index contributed by atoms with van der Waals surface area (Å²) >= 11 is 0. The van der Waals surface area contributed by atoms with Crippen molar-refractivity contribution in [1.82, 2.24) is 5.32 Å². The van der Waals surface area contributed by atoms with Gasteiger partial charge in [-0.2, -0.15) is 0 Å². The second-order valence-corrected chi connectivity index (χ2v) is 7.27. The molecule has 0 amide bonds. The molecule has 2 aliphatic carbocycles. The second kappa shape index (κ2) is 5.30. The molecule has 2 atom stereocenters. The summed E-state index contributed by atoms with van der Waals surface area (Å²) in [4.78, 5) is 0. The van der Waals surface area contributed by atoms with Gasteiger partial charge in [0.1, 0.15) is 0 Å². The van der Waals surface area contributed by atoms with Gasteiger partial charge in [-0.15, -0.1) is 0 Å². The van der Waals surface area contributed by atoms with Crippen LogP contribution in [0.15, 0.2) is 0 Å². The Morgan fingerprint density at radius 2 is 1.71 bits per heavy atom. The van der Waals surface area contributed by atoms with E-state index in [1.165, 1.54) is 45.1 Å². The Balaban J connectivity index is 1.67. The average molecular weight is 237 g/mol. The summed E-state index contributed by atoms with van der Waals surface area (Å²) in [5.74, 6) is 2.96. The lowest BCUT2D eigenvalue weighted by Crippen LogP contribution is -2.37. The maximum atomic E-state index is 3.80. The van der Waals surface area contributed by atoms with E-state index in [2.05, 4.69) is 33.0 Å². The summed E-state index contributed by atoms with van der Waals surface area (Å²) in [6, 6.07) is 0.826. The lowest BCUT2D eigenvalue weighted by Gasteiger charge is -2.39. The van der Waals surface area contributed by atoms with Gasteiger partial charge in [-0.05, 0) is 61.8 Å². The van der Waals surface area contributed by atoms with Crippen LogP contribution in [-0.2, 0) is 0 Å². The van der Waals surface area contributed by atoms with Crippen LogP contribution in [-0.4, -0.2) is 12.6 Å². The van der Waals surface area contributed by atoms with Crippen LogP contribution in [0.2, 0.25) is 0 Å². The molecule has 2 aliphatic rings. The van der Waals surface area contributed by atoms with E-state index in [1.807, 2.05) is 0 Å². The lowest BCUT2D eigenvalue weighted by molar-refractivity contribution is 0.137. The Morgan fingerprint density at radius 1 is 1.12 bits per heavy atom. The van der Waals surface area contributed by atoms with Crippen molar-refractivity contribution in [2.75, 3.05) is 6.54 Å². The van der Waals surface area contributed by atoms with Crippen molar-refractivity contribution in [2.24, 2.45) is 23.2 Å². The monoisotopic (exact) mass is 237 g/mol. The summed E-state index contributed by atoms with van der Waals surface area (Å²) in [6.07, 6.45) is 8.50. The predicted molar refractivity (Wildman–Crippen MR) is 75.1 cm³/mol. The quantitative estimate of drug-likeness (QED) is 0.754. The SMILES string of the molecule is CCC(C)(C)C1CCC(NCC2CC2C)CC1. The zero-order chi connectivity index (χ0) is 12.5. The van der Waals surface area contributed by atoms with Crippen LogP contribution < -0.4 is 5.32 Å². The maximum absolute atomic E-state index is 3.80. The molecule has 2 rings (SSSR count). The van der Waals surface area contributed by atoms with Crippen LogP contribution in [0.4, 0.5) is 0 Å². The fraction of sp³-hybridized carbons (Fsp3) is 1.00. The normalized spacial score (nSPS) is 38.1. The van der Waals surface area contributed by atoms with Gasteiger partial charge in [-0.25, -0.2) is 0 Å². The van der Waals surface area contributed by atoms with Crippen LogP contribution in [0, 0.1) is 23.2 Å². The van der Waals surface area contributed by atoms with Gasteiger partial charge in [0, 0.05) is 6.04 Å². The first kappa shape index (κ1) is 13.4. The van der Waals surface area contributed by atoms with Crippen LogP contribution in [0.1, 0.15) is 66.2 Å². The molecule has 2 fully saturated rings. The first-order chi connectivity index (χ1) is 8.03. The highest BCUT2D eigenvalue weighted by Crippen LogP contribution is 2.41. The average Bonchev–Trinajstić information content (AvgIpc) is 3.03. The van der Waals surface area contributed by atoms with Crippen LogP contribution in [0.3, 0.4) is 0 Å². The van der Waals surface area contributed by atoms with Gasteiger partial charge in [0.25, 0.3) is 0 Å². The van der Waals surface area contributed by atoms with Gasteiger partial charge in [-0.1, -0.05) is 34.1 Å². The third-order valence-corrected chi connectivity index (χ3v) is 5.69. The van der Waals surface area contributed by atoms with E-state index in [0.29, 0.717) is 5.41 Å². The minimum Gasteiger partial charge on any atom is -0.314 e. The van der Waals surface area contributed by atoms with Gasteiger partial charge in [0.2, 0.25) is 0 Å². The Hall–Kier alpha value is -0.0400. The van der Waals surface area contributed by atoms with Crippen molar-refractivity contribution in [3.63, 3.8) is 0 Å². The van der Waals surface area contributed by atoms with E-state index in [4.69, 9.17) is 0 Å². The highest BCUT2D eigenvalue weighted by Gasteiger charge is 2.34. The molecule has 0 aromatic heterocycles. The summed E-state index contributed by atoms with van der Waals surface area (Å²) in [7, 11) is 0. The molecule has 17 heavy (non-hydrogen) atoms. The van der Waals surface area contributed by atoms with Crippen LogP contribution in [0.25, 0.3) is 0 Å². The molecule has 1 N–H and O–H groups in total. The van der Waals surface area contributed by atoms with Crippen molar-refractivity contribution >= 4 is 0 Å². The predicted octanol–water partition coefficient (Wildman–Crippen LogP) is 4.23. The van der Waals surface area contributed by atoms with Crippen molar-refractivity contribution < 1.29 is 0 Å². The number of rotatable bonds is 5. The van der Waals surface area contributed by atoms with Gasteiger partial charge >= 0.3 is 0 Å². The Kier molecular flexibility index (Phi) is 4.18. The molecule has 0 saturated heterocycles. The molecular weight excluding hydrogens is 206 g/mol. The molecule has 0 radical (unpaired) electrons. The zero-order valence-electron chi connectivity index (χ0n) is 12.3. The van der Waals surface area contributed by atoms with Crippen LogP contribution >= 0.6 is 0 Å². The van der Waals surface area contributed by atoms with E-state index < -0.39 is 0 Å². The van der Waals surface area contributed by atoms with Gasteiger partial charge in [-0.3, -0.25) is 0 Å². The fourth-order valence-electron chi connectivity index (χ4n) is 3.37. The number of hydrogen-bond donors (Lipinski definition) is 1. The summed E-state index contributed by atoms with van der Waals surface area (Å²) < 4.78 is 0. The molecular formula is C16H31N. The number of hydrogen-bond acceptors (Lipinski definition) is 1. The van der Waals surface area contributed by atoms with Crippen molar-refractivity contribution in [1.29, 1.82) is 0 Å². The standard InChI is InChI=1S/C16H31N/c1-5-16(3,4)14-6-8-15(9-7-14)17-11-13-10-12(13)2/h12-15,17H,5-11H2,1-4H3. The molecule has 0 heterocycles. The van der Waals surface area contributed by atoms with E-state index in [0.717, 1.165) is 23.8 Å². The summed E-state index contributed by atoms with van der Waals surface area (Å²) in [6.45, 7) is 10.9. The molecule has 0 bridgehead atoms. The first-order valence-corrected chi connectivity index (χ1v) is 7.76. The Morgan fingerprint density at radius 3 is 2.18 bits per heavy atom. The van der Waals surface area contributed by atoms with Gasteiger partial charge in [0.15, 0.2) is 0 Å². The Bertz CT molecular complexity index is 238. The molecule has 1 heteroatoms. The van der Waals surface area contributed by atoms with Crippen LogP contribution in [0.5, 0.6) is 0 Å². The van der Waals surface area contributed by atoms with E-state index in [9.17, 15) is 0 Å². The largest absolute Gasteiger partial charge is 0.314 e. The maximum Gasteiger partial charge on any atom is 0.00673 e. The zero-order valence-corrected chi connectivity index (χ0v) is 12.3. The number of nitrogens with one attached hydrogen (secondary N) is 1. The third-order valence-electron chi connectivity index (χ3n) is 5.69. The van der Waals surface area contributed by atoms with Gasteiger partial charge < -0.3 is 5.32 Å². The minimum absolute atomic E-state index is 0.565. The minimum atomic E-state index is 0.565. The molecule has 2 unspecified atom stereocenters. The molecule has 0 aromatic carbocycles. The summed E-state index contributed by atoms with van der Waals surface area (Å²) in [5.41, 5.74) is 0.565. The van der Waals surface area contributed by atoms with Crippen molar-refractivity contribution in [2.45, 2.75) is 72.3 Å². The van der Waals surface area contributed by atoms with E-state index in [-0.39, 0.29) is 0 Å². The fourth-order valence-corrected chi connectivity index (χ4v) is 3.37. The molecule has 0 aromatic rings. The van der Waals surface area contributed by atoms with Gasteiger partial charge in [0.05, 0.1) is 0 Å². The molecule has 1 nitrogen and oxygen atoms in total. The summed E-state index contributed by atoms with van der Waals surface area (Å²) in [5, 5.41) is 3.80. The third kappa shape index (κ3) is 3.47. The van der Waals surface area contributed by atoms with Crippen molar-refractivity contribution in [3.8, 4) is 0 Å². The molecule has 0 aliphatic heterocycles. The molecule has 0 spiro atoms. The Labute approximate surface area is 108 Å². The first-order valence-electron chi connectivity index (χ1n) is 7.76. The highest BCUT2D eigenvalue weighted by atomic mass is 14.9. The molecule has 100 valence electrons.